The maximum Gasteiger partial charge on any atom is 0.255 e. The first kappa shape index (κ1) is 22.5. The first-order valence-corrected chi connectivity index (χ1v) is 11.3. The number of aryl methyl sites for hydroxylation is 1. The highest BCUT2D eigenvalue weighted by atomic mass is 16.2. The van der Waals surface area contributed by atoms with Gasteiger partial charge in [0.25, 0.3) is 11.5 Å². The summed E-state index contributed by atoms with van der Waals surface area (Å²) < 4.78 is 3.41. The molecule has 1 saturated heterocycles. The lowest BCUT2D eigenvalue weighted by atomic mass is 9.97. The average molecular weight is 448 g/mol. The molecule has 3 aromatic rings. The molecule has 33 heavy (non-hydrogen) atoms. The van der Waals surface area contributed by atoms with Gasteiger partial charge in [-0.1, -0.05) is 30.3 Å². The number of pyridine rings is 1. The van der Waals surface area contributed by atoms with Crippen molar-refractivity contribution in [3.8, 4) is 0 Å². The summed E-state index contributed by atoms with van der Waals surface area (Å²) in [6.45, 7) is 4.41. The van der Waals surface area contributed by atoms with E-state index in [2.05, 4.69) is 14.9 Å². The normalized spacial score (nSPS) is 15.9. The molecule has 0 radical (unpaired) electrons. The van der Waals surface area contributed by atoms with E-state index in [9.17, 15) is 14.4 Å². The molecule has 1 fully saturated rings. The van der Waals surface area contributed by atoms with Crippen LogP contribution in [0.4, 0.5) is 0 Å². The lowest BCUT2D eigenvalue weighted by molar-refractivity contribution is -0.121. The fraction of sp³-hybridized carbons (Fsp3) is 0.360. The number of amides is 2. The first-order valence-electron chi connectivity index (χ1n) is 11.3. The molecule has 172 valence electrons. The van der Waals surface area contributed by atoms with Crippen LogP contribution in [0.2, 0.25) is 0 Å². The van der Waals surface area contributed by atoms with Gasteiger partial charge in [0.15, 0.2) is 0 Å². The number of carbonyl (C=O) groups excluding carboxylic acids is 2. The van der Waals surface area contributed by atoms with Gasteiger partial charge in [-0.3, -0.25) is 14.4 Å². The molecule has 0 saturated carbocycles. The number of carbonyl (C=O) groups is 2. The van der Waals surface area contributed by atoms with Crippen LogP contribution in [0, 0.1) is 12.8 Å². The summed E-state index contributed by atoms with van der Waals surface area (Å²) in [6.07, 6.45) is 7.25. The Morgan fingerprint density at radius 2 is 1.94 bits per heavy atom. The highest BCUT2D eigenvalue weighted by Crippen LogP contribution is 2.20. The lowest BCUT2D eigenvalue weighted by Gasteiger charge is -2.33. The van der Waals surface area contributed by atoms with Gasteiger partial charge < -0.3 is 19.4 Å². The SMILES string of the molecule is Cc1nccn1CC1CCCN(C(=O)c2ccc(=O)n(CC(=O)NCc3ccccc3)c2)C1. The van der Waals surface area contributed by atoms with Crippen LogP contribution in [0.3, 0.4) is 0 Å². The number of hydrogen-bond acceptors (Lipinski definition) is 4. The second kappa shape index (κ2) is 10.3. The van der Waals surface area contributed by atoms with Gasteiger partial charge in [0.2, 0.25) is 5.91 Å². The Morgan fingerprint density at radius 3 is 2.70 bits per heavy atom. The zero-order valence-corrected chi connectivity index (χ0v) is 18.8. The Kier molecular flexibility index (Phi) is 7.02. The van der Waals surface area contributed by atoms with E-state index in [1.165, 1.54) is 16.8 Å². The second-order valence-corrected chi connectivity index (χ2v) is 8.53. The quantitative estimate of drug-likeness (QED) is 0.602. The van der Waals surface area contributed by atoms with Crippen LogP contribution in [0.5, 0.6) is 0 Å². The third-order valence-corrected chi connectivity index (χ3v) is 6.06. The minimum Gasteiger partial charge on any atom is -0.350 e. The standard InChI is InChI=1S/C25H29N5O3/c1-19-26-11-13-28(19)15-21-8-5-12-29(16-21)25(33)22-9-10-24(32)30(17-22)18-23(31)27-14-20-6-3-2-4-7-20/h2-4,6-7,9-11,13,17,21H,5,8,12,14-16,18H2,1H3,(H,27,31). The van der Waals surface area contributed by atoms with Gasteiger partial charge in [0.1, 0.15) is 12.4 Å². The summed E-state index contributed by atoms with van der Waals surface area (Å²) in [6, 6.07) is 12.5. The summed E-state index contributed by atoms with van der Waals surface area (Å²) in [5.41, 5.74) is 1.09. The van der Waals surface area contributed by atoms with Crippen molar-refractivity contribution in [2.75, 3.05) is 13.1 Å². The van der Waals surface area contributed by atoms with Crippen LogP contribution < -0.4 is 10.9 Å². The van der Waals surface area contributed by atoms with Crippen LogP contribution >= 0.6 is 0 Å². The number of hydrogen-bond donors (Lipinski definition) is 1. The molecule has 2 amide bonds. The summed E-state index contributed by atoms with van der Waals surface area (Å²) in [5.74, 6) is 0.932. The molecule has 0 spiro atoms. The van der Waals surface area contributed by atoms with Crippen molar-refractivity contribution in [1.82, 2.24) is 24.3 Å². The number of benzene rings is 1. The molecule has 8 nitrogen and oxygen atoms in total. The zero-order valence-electron chi connectivity index (χ0n) is 18.8. The highest BCUT2D eigenvalue weighted by molar-refractivity contribution is 5.94. The minimum absolute atomic E-state index is 0.111. The Hall–Kier alpha value is -3.68. The van der Waals surface area contributed by atoms with Crippen molar-refractivity contribution in [1.29, 1.82) is 0 Å². The van der Waals surface area contributed by atoms with Gasteiger partial charge in [-0.15, -0.1) is 0 Å². The molecular weight excluding hydrogens is 418 g/mol. The number of likely N-dealkylation sites (tertiary alicyclic amines) is 1. The van der Waals surface area contributed by atoms with E-state index in [1.54, 1.807) is 12.3 Å². The van der Waals surface area contributed by atoms with Gasteiger partial charge in [-0.05, 0) is 37.3 Å². The molecule has 1 N–H and O–H groups in total. The summed E-state index contributed by atoms with van der Waals surface area (Å²) in [7, 11) is 0. The van der Waals surface area contributed by atoms with Crippen molar-refractivity contribution in [2.24, 2.45) is 5.92 Å². The molecule has 1 unspecified atom stereocenters. The van der Waals surface area contributed by atoms with Crippen LogP contribution in [-0.4, -0.2) is 43.9 Å². The molecule has 0 aliphatic carbocycles. The molecule has 4 rings (SSSR count). The smallest absolute Gasteiger partial charge is 0.255 e. The summed E-state index contributed by atoms with van der Waals surface area (Å²) in [4.78, 5) is 43.9. The lowest BCUT2D eigenvalue weighted by Crippen LogP contribution is -2.41. The van der Waals surface area contributed by atoms with Gasteiger partial charge in [-0.2, -0.15) is 0 Å². The largest absolute Gasteiger partial charge is 0.350 e. The molecular formula is C25H29N5O3. The van der Waals surface area contributed by atoms with Crippen molar-refractivity contribution < 1.29 is 9.59 Å². The first-order chi connectivity index (χ1) is 16.0. The van der Waals surface area contributed by atoms with E-state index in [1.807, 2.05) is 48.4 Å². The fourth-order valence-electron chi connectivity index (χ4n) is 4.24. The average Bonchev–Trinajstić information content (AvgIpc) is 3.23. The number of nitrogens with zero attached hydrogens (tertiary/aromatic N) is 4. The molecule has 1 atom stereocenters. The third kappa shape index (κ3) is 5.77. The van der Waals surface area contributed by atoms with Gasteiger partial charge >= 0.3 is 0 Å². The van der Waals surface area contributed by atoms with Crippen molar-refractivity contribution in [3.63, 3.8) is 0 Å². The number of piperidine rings is 1. The van der Waals surface area contributed by atoms with Crippen LogP contribution in [0.15, 0.2) is 65.8 Å². The van der Waals surface area contributed by atoms with Crippen molar-refractivity contribution >= 4 is 11.8 Å². The van der Waals surface area contributed by atoms with E-state index >= 15 is 0 Å². The number of rotatable bonds is 7. The minimum atomic E-state index is -0.312. The number of aromatic nitrogens is 3. The van der Waals surface area contributed by atoms with Crippen molar-refractivity contribution in [3.05, 3.63) is 88.4 Å². The zero-order chi connectivity index (χ0) is 23.2. The van der Waals surface area contributed by atoms with E-state index in [0.29, 0.717) is 31.1 Å². The topological polar surface area (TPSA) is 89.2 Å². The molecule has 2 aromatic heterocycles. The maximum atomic E-state index is 13.2. The number of imidazole rings is 1. The fourth-order valence-corrected chi connectivity index (χ4v) is 4.24. The molecule has 1 aromatic carbocycles. The molecule has 1 aliphatic heterocycles. The van der Waals surface area contributed by atoms with Gasteiger partial charge in [0, 0.05) is 50.8 Å². The summed E-state index contributed by atoms with van der Waals surface area (Å²) in [5, 5.41) is 2.82. The van der Waals surface area contributed by atoms with Crippen LogP contribution in [0.25, 0.3) is 0 Å². The predicted octanol–water partition coefficient (Wildman–Crippen LogP) is 2.22. The molecule has 3 heterocycles. The molecule has 0 bridgehead atoms. The van der Waals surface area contributed by atoms with Crippen molar-refractivity contribution in [2.45, 2.75) is 39.4 Å². The Labute approximate surface area is 192 Å². The van der Waals surface area contributed by atoms with Crippen LogP contribution in [0.1, 0.15) is 34.6 Å². The molecule has 8 heteroatoms. The third-order valence-electron chi connectivity index (χ3n) is 6.06. The van der Waals surface area contributed by atoms with Gasteiger partial charge in [-0.25, -0.2) is 4.98 Å². The Morgan fingerprint density at radius 1 is 1.12 bits per heavy atom. The van der Waals surface area contributed by atoms with E-state index in [-0.39, 0.29) is 23.9 Å². The molecule has 1 aliphatic rings. The Balaban J connectivity index is 1.38. The van der Waals surface area contributed by atoms with E-state index in [0.717, 1.165) is 30.8 Å². The van der Waals surface area contributed by atoms with Crippen LogP contribution in [-0.2, 0) is 24.4 Å². The highest BCUT2D eigenvalue weighted by Gasteiger charge is 2.25. The maximum absolute atomic E-state index is 13.2. The second-order valence-electron chi connectivity index (χ2n) is 8.53. The van der Waals surface area contributed by atoms with E-state index < -0.39 is 0 Å². The van der Waals surface area contributed by atoms with E-state index in [4.69, 9.17) is 0 Å². The monoisotopic (exact) mass is 447 g/mol. The van der Waals surface area contributed by atoms with Gasteiger partial charge in [0.05, 0.1) is 5.56 Å². The predicted molar refractivity (Wildman–Crippen MR) is 125 cm³/mol. The summed E-state index contributed by atoms with van der Waals surface area (Å²) >= 11 is 0. The number of nitrogens with one attached hydrogen (secondary N) is 1. The Bertz CT molecular complexity index is 1170.